The van der Waals surface area contributed by atoms with Crippen LogP contribution in [0.2, 0.25) is 0 Å². The van der Waals surface area contributed by atoms with E-state index in [0.29, 0.717) is 29.8 Å². The molecule has 0 spiro atoms. The average molecular weight is 308 g/mol. The molecule has 120 valence electrons. The Kier molecular flexibility index (Phi) is 3.50. The predicted molar refractivity (Wildman–Crippen MR) is 78.0 cm³/mol. The van der Waals surface area contributed by atoms with E-state index in [0.717, 1.165) is 12.6 Å². The van der Waals surface area contributed by atoms with Gasteiger partial charge in [0, 0.05) is 12.1 Å². The van der Waals surface area contributed by atoms with Gasteiger partial charge in [0.1, 0.15) is 11.4 Å². The number of methoxy groups -OCH3 is 1. The zero-order valence-electron chi connectivity index (χ0n) is 13.3. The van der Waals surface area contributed by atoms with E-state index in [-0.39, 0.29) is 12.1 Å². The second-order valence-electron chi connectivity index (χ2n) is 6.99. The number of hydrogen-bond acceptors (Lipinski definition) is 4. The van der Waals surface area contributed by atoms with Crippen molar-refractivity contribution in [1.29, 1.82) is 0 Å². The van der Waals surface area contributed by atoms with E-state index in [1.807, 2.05) is 20.8 Å². The lowest BCUT2D eigenvalue weighted by atomic mass is 10.0. The molecule has 6 heteroatoms. The third kappa shape index (κ3) is 2.74. The quantitative estimate of drug-likeness (QED) is 0.842. The molecule has 0 N–H and O–H groups in total. The Morgan fingerprint density at radius 2 is 2.18 bits per heavy atom. The van der Waals surface area contributed by atoms with Crippen molar-refractivity contribution in [1.82, 2.24) is 9.88 Å². The van der Waals surface area contributed by atoms with E-state index >= 15 is 0 Å². The Morgan fingerprint density at radius 1 is 1.45 bits per heavy atom. The van der Waals surface area contributed by atoms with Crippen molar-refractivity contribution in [2.75, 3.05) is 13.7 Å². The van der Waals surface area contributed by atoms with Gasteiger partial charge in [-0.15, -0.1) is 0 Å². The number of rotatable bonds is 2. The van der Waals surface area contributed by atoms with Crippen LogP contribution >= 0.6 is 0 Å². The summed E-state index contributed by atoms with van der Waals surface area (Å²) in [5, 5.41) is 0. The maximum Gasteiger partial charge on any atom is 0.410 e. The number of carbonyl (C=O) groups is 1. The van der Waals surface area contributed by atoms with Crippen LogP contribution < -0.4 is 4.74 Å². The fourth-order valence-electron chi connectivity index (χ4n) is 3.20. The van der Waals surface area contributed by atoms with Crippen molar-refractivity contribution in [2.45, 2.75) is 38.8 Å². The van der Waals surface area contributed by atoms with Gasteiger partial charge in [-0.05, 0) is 45.1 Å². The van der Waals surface area contributed by atoms with Gasteiger partial charge in [-0.25, -0.2) is 14.2 Å². The minimum Gasteiger partial charge on any atom is -0.481 e. The topological polar surface area (TPSA) is 51.7 Å². The summed E-state index contributed by atoms with van der Waals surface area (Å²) in [6, 6.07) is 1.19. The highest BCUT2D eigenvalue weighted by Crippen LogP contribution is 2.57. The molecule has 1 aromatic rings. The van der Waals surface area contributed by atoms with Crippen LogP contribution in [-0.4, -0.2) is 35.2 Å². The van der Waals surface area contributed by atoms with Crippen LogP contribution in [0.5, 0.6) is 5.88 Å². The summed E-state index contributed by atoms with van der Waals surface area (Å²) >= 11 is 0. The highest BCUT2D eigenvalue weighted by Gasteiger charge is 2.56. The number of nitrogens with zero attached hydrogens (tertiary/aromatic N) is 2. The largest absolute Gasteiger partial charge is 0.481 e. The molecule has 3 atom stereocenters. The zero-order chi connectivity index (χ0) is 16.1. The van der Waals surface area contributed by atoms with Crippen LogP contribution in [0.3, 0.4) is 0 Å². The summed E-state index contributed by atoms with van der Waals surface area (Å²) in [4.78, 5) is 18.1. The van der Waals surface area contributed by atoms with Crippen LogP contribution in [0.1, 0.15) is 38.8 Å². The van der Waals surface area contributed by atoms with Crippen molar-refractivity contribution in [3.05, 3.63) is 23.6 Å². The number of hydrogen-bond donors (Lipinski definition) is 0. The maximum absolute atomic E-state index is 13.6. The highest BCUT2D eigenvalue weighted by atomic mass is 19.1. The number of amides is 1. The van der Waals surface area contributed by atoms with Crippen LogP contribution in [0.15, 0.2) is 12.3 Å². The third-order valence-corrected chi connectivity index (χ3v) is 4.14. The lowest BCUT2D eigenvalue weighted by molar-refractivity contribution is 0.0188. The summed E-state index contributed by atoms with van der Waals surface area (Å²) in [6.45, 7) is 6.15. The smallest absolute Gasteiger partial charge is 0.410 e. The molecule has 1 amide bonds. The Bertz CT molecular complexity index is 600. The summed E-state index contributed by atoms with van der Waals surface area (Å²) in [5.41, 5.74) is 0.0666. The summed E-state index contributed by atoms with van der Waals surface area (Å²) in [5.74, 6) is 0.743. The molecule has 3 unspecified atom stereocenters. The minimum absolute atomic E-state index is 0.224. The van der Waals surface area contributed by atoms with E-state index < -0.39 is 11.4 Å². The molecule has 2 fully saturated rings. The first-order valence-corrected chi connectivity index (χ1v) is 7.49. The zero-order valence-corrected chi connectivity index (χ0v) is 13.3. The molecule has 1 aliphatic carbocycles. The second kappa shape index (κ2) is 5.11. The molecular formula is C16H21FN2O3. The first kappa shape index (κ1) is 15.1. The maximum atomic E-state index is 13.6. The van der Waals surface area contributed by atoms with E-state index in [2.05, 4.69) is 4.98 Å². The van der Waals surface area contributed by atoms with Gasteiger partial charge in [0.05, 0.1) is 19.3 Å². The van der Waals surface area contributed by atoms with Gasteiger partial charge >= 0.3 is 6.09 Å². The number of piperidine rings is 1. The lowest BCUT2D eigenvalue weighted by Crippen LogP contribution is -2.38. The molecule has 1 aromatic heterocycles. The van der Waals surface area contributed by atoms with Crippen molar-refractivity contribution >= 4 is 6.09 Å². The van der Waals surface area contributed by atoms with Crippen molar-refractivity contribution in [3.63, 3.8) is 0 Å². The third-order valence-electron chi connectivity index (χ3n) is 4.14. The van der Waals surface area contributed by atoms with Gasteiger partial charge < -0.3 is 14.4 Å². The van der Waals surface area contributed by atoms with Gasteiger partial charge in [0.25, 0.3) is 0 Å². The number of likely N-dealkylation sites (tertiary alicyclic amines) is 1. The Labute approximate surface area is 129 Å². The van der Waals surface area contributed by atoms with Gasteiger partial charge in [-0.1, -0.05) is 0 Å². The predicted octanol–water partition coefficient (Wildman–Crippen LogP) is 3.16. The van der Waals surface area contributed by atoms with E-state index in [4.69, 9.17) is 9.47 Å². The van der Waals surface area contributed by atoms with E-state index in [1.165, 1.54) is 13.2 Å². The molecule has 2 heterocycles. The van der Waals surface area contributed by atoms with Gasteiger partial charge in [-0.2, -0.15) is 0 Å². The number of pyridine rings is 1. The van der Waals surface area contributed by atoms with Crippen molar-refractivity contribution < 1.29 is 18.7 Å². The molecule has 5 nitrogen and oxygen atoms in total. The normalized spacial score (nSPS) is 26.6. The van der Waals surface area contributed by atoms with Crippen molar-refractivity contribution in [2.24, 2.45) is 11.8 Å². The first-order chi connectivity index (χ1) is 10.3. The second-order valence-corrected chi connectivity index (χ2v) is 6.99. The SMILES string of the molecule is COc1ncc(F)cc1C1C2CC2CN1C(=O)OC(C)(C)C. The number of fused-ring (bicyclic) bond motifs is 1. The Hall–Kier alpha value is -1.85. The fourth-order valence-corrected chi connectivity index (χ4v) is 3.20. The van der Waals surface area contributed by atoms with Gasteiger partial charge in [-0.3, -0.25) is 0 Å². The molecule has 3 rings (SSSR count). The number of halogens is 1. The molecule has 1 aliphatic heterocycles. The molecule has 22 heavy (non-hydrogen) atoms. The molecule has 1 saturated carbocycles. The van der Waals surface area contributed by atoms with Crippen LogP contribution in [0, 0.1) is 17.7 Å². The van der Waals surface area contributed by atoms with Crippen LogP contribution in [0.4, 0.5) is 9.18 Å². The molecular weight excluding hydrogens is 287 g/mol. The van der Waals surface area contributed by atoms with Gasteiger partial charge in [0.2, 0.25) is 5.88 Å². The molecule has 2 aliphatic rings. The Balaban J connectivity index is 1.91. The Morgan fingerprint density at radius 3 is 2.82 bits per heavy atom. The molecule has 0 bridgehead atoms. The van der Waals surface area contributed by atoms with Crippen LogP contribution in [-0.2, 0) is 4.74 Å². The molecule has 0 aromatic carbocycles. The fraction of sp³-hybridized carbons (Fsp3) is 0.625. The number of aromatic nitrogens is 1. The minimum atomic E-state index is -0.557. The van der Waals surface area contributed by atoms with Gasteiger partial charge in [0.15, 0.2) is 0 Å². The molecule has 0 radical (unpaired) electrons. The standard InChI is InChI=1S/C16H21FN2O3/c1-16(2,3)22-15(20)19-8-9-5-11(9)13(19)12-6-10(17)7-18-14(12)21-4/h6-7,9,11,13H,5,8H2,1-4H3. The average Bonchev–Trinajstić information content (AvgIpc) is 3.07. The monoisotopic (exact) mass is 308 g/mol. The highest BCUT2D eigenvalue weighted by molar-refractivity contribution is 5.70. The molecule has 1 saturated heterocycles. The first-order valence-electron chi connectivity index (χ1n) is 7.49. The number of carbonyl (C=O) groups excluding carboxylic acids is 1. The number of ether oxygens (including phenoxy) is 2. The van der Waals surface area contributed by atoms with E-state index in [9.17, 15) is 9.18 Å². The lowest BCUT2D eigenvalue weighted by Gasteiger charge is -2.31. The summed E-state index contributed by atoms with van der Waals surface area (Å²) in [7, 11) is 1.50. The summed E-state index contributed by atoms with van der Waals surface area (Å²) < 4.78 is 24.4. The van der Waals surface area contributed by atoms with E-state index in [1.54, 1.807) is 4.90 Å². The van der Waals surface area contributed by atoms with Crippen molar-refractivity contribution in [3.8, 4) is 5.88 Å². The van der Waals surface area contributed by atoms with Crippen LogP contribution in [0.25, 0.3) is 0 Å². The summed E-state index contributed by atoms with van der Waals surface area (Å²) in [6.07, 6.45) is 1.80.